The molecule has 2 amide bonds. The summed E-state index contributed by atoms with van der Waals surface area (Å²) in [4.78, 5) is 42.2. The van der Waals surface area contributed by atoms with Crippen molar-refractivity contribution in [2.45, 2.75) is 20.4 Å². The summed E-state index contributed by atoms with van der Waals surface area (Å²) < 4.78 is 5.14. The van der Waals surface area contributed by atoms with E-state index in [-0.39, 0.29) is 30.5 Å². The molecule has 1 fully saturated rings. The fourth-order valence-corrected chi connectivity index (χ4v) is 5.12. The highest BCUT2D eigenvalue weighted by Crippen LogP contribution is 2.33. The second-order valence-corrected chi connectivity index (χ2v) is 9.25. The number of esters is 1. The number of ether oxygens (including phenoxy) is 1. The molecule has 3 rings (SSSR count). The molecule has 2 N–H and O–H groups in total. The molecule has 0 bridgehead atoms. The van der Waals surface area contributed by atoms with Gasteiger partial charge in [0.1, 0.15) is 5.00 Å². The van der Waals surface area contributed by atoms with Crippen molar-refractivity contribution in [2.24, 2.45) is 0 Å². The van der Waals surface area contributed by atoms with Crippen LogP contribution in [0.15, 0.2) is 24.3 Å². The van der Waals surface area contributed by atoms with E-state index in [4.69, 9.17) is 16.3 Å². The van der Waals surface area contributed by atoms with E-state index in [0.717, 1.165) is 49.1 Å². The van der Waals surface area contributed by atoms with Crippen LogP contribution in [0.2, 0.25) is 5.02 Å². The number of hydrogen-bond acceptors (Lipinski definition) is 7. The Morgan fingerprint density at radius 2 is 1.85 bits per heavy atom. The number of hydrogen-bond donors (Lipinski definition) is 2. The summed E-state index contributed by atoms with van der Waals surface area (Å²) >= 11 is 7.16. The lowest BCUT2D eigenvalue weighted by Crippen LogP contribution is -2.48. The Balaban J connectivity index is 1.59. The Labute approximate surface area is 202 Å². The van der Waals surface area contributed by atoms with Gasteiger partial charge in [-0.05, 0) is 37.1 Å². The maximum absolute atomic E-state index is 12.8. The van der Waals surface area contributed by atoms with E-state index < -0.39 is 5.97 Å². The summed E-state index contributed by atoms with van der Waals surface area (Å²) in [6, 6.07) is 7.84. The quantitative estimate of drug-likeness (QED) is 0.550. The molecule has 2 aromatic rings. The Kier molecular flexibility index (Phi) is 8.85. The fraction of sp³-hybridized carbons (Fsp3) is 0.435. The molecule has 10 heteroatoms. The molecule has 1 aromatic carbocycles. The number of rotatable bonds is 8. The number of piperazine rings is 1. The second kappa shape index (κ2) is 11.6. The lowest BCUT2D eigenvalue weighted by Gasteiger charge is -2.34. The van der Waals surface area contributed by atoms with Gasteiger partial charge in [0.25, 0.3) is 5.91 Å². The third kappa shape index (κ3) is 6.54. The Hall–Kier alpha value is -2.46. The van der Waals surface area contributed by atoms with Crippen molar-refractivity contribution in [1.29, 1.82) is 0 Å². The SMILES string of the molecule is CCOC(=O)c1c(NC(=O)CN2CCN(Cc3cccc(Cl)c3)CC2)sc(C(=O)NC)c1C. The highest BCUT2D eigenvalue weighted by atomic mass is 35.5. The number of halogens is 1. The van der Waals surface area contributed by atoms with Gasteiger partial charge in [0.2, 0.25) is 5.91 Å². The van der Waals surface area contributed by atoms with E-state index in [9.17, 15) is 14.4 Å². The topological polar surface area (TPSA) is 91.0 Å². The fourth-order valence-electron chi connectivity index (χ4n) is 3.75. The third-order valence-electron chi connectivity index (χ3n) is 5.44. The van der Waals surface area contributed by atoms with Gasteiger partial charge in [-0.25, -0.2) is 4.79 Å². The van der Waals surface area contributed by atoms with Gasteiger partial charge in [-0.15, -0.1) is 11.3 Å². The second-order valence-electron chi connectivity index (χ2n) is 7.79. The summed E-state index contributed by atoms with van der Waals surface area (Å²) in [6.45, 7) is 7.82. The average molecular weight is 493 g/mol. The van der Waals surface area contributed by atoms with E-state index in [1.807, 2.05) is 18.2 Å². The molecule has 1 aromatic heterocycles. The minimum atomic E-state index is -0.550. The van der Waals surface area contributed by atoms with Gasteiger partial charge >= 0.3 is 5.97 Å². The van der Waals surface area contributed by atoms with Gasteiger partial charge in [-0.3, -0.25) is 19.4 Å². The van der Waals surface area contributed by atoms with Gasteiger partial charge in [-0.1, -0.05) is 23.7 Å². The van der Waals surface area contributed by atoms with Crippen LogP contribution in [0, 0.1) is 6.92 Å². The van der Waals surface area contributed by atoms with Gasteiger partial charge in [0.15, 0.2) is 0 Å². The molecule has 33 heavy (non-hydrogen) atoms. The summed E-state index contributed by atoms with van der Waals surface area (Å²) in [5.74, 6) is -1.08. The van der Waals surface area contributed by atoms with Crippen molar-refractivity contribution in [3.8, 4) is 0 Å². The van der Waals surface area contributed by atoms with Crippen LogP contribution in [0.1, 0.15) is 38.1 Å². The summed E-state index contributed by atoms with van der Waals surface area (Å²) in [6.07, 6.45) is 0. The standard InChI is InChI=1S/C23H29ClN4O4S/c1-4-32-23(31)19-15(2)20(21(30)25-3)33-22(19)26-18(29)14-28-10-8-27(9-11-28)13-16-6-5-7-17(24)12-16/h5-7,12H,4,8-11,13-14H2,1-3H3,(H,25,30)(H,26,29). The van der Waals surface area contributed by atoms with Gasteiger partial charge in [-0.2, -0.15) is 0 Å². The molecule has 178 valence electrons. The Morgan fingerprint density at radius 1 is 1.15 bits per heavy atom. The summed E-state index contributed by atoms with van der Waals surface area (Å²) in [7, 11) is 1.52. The lowest BCUT2D eigenvalue weighted by atomic mass is 10.1. The zero-order valence-electron chi connectivity index (χ0n) is 19.1. The van der Waals surface area contributed by atoms with Crippen LogP contribution < -0.4 is 10.6 Å². The molecular formula is C23H29ClN4O4S. The van der Waals surface area contributed by atoms with E-state index in [2.05, 4.69) is 26.5 Å². The van der Waals surface area contributed by atoms with Crippen LogP contribution in [0.4, 0.5) is 5.00 Å². The molecule has 1 saturated heterocycles. The van der Waals surface area contributed by atoms with Crippen LogP contribution in [0.25, 0.3) is 0 Å². The molecule has 1 aliphatic rings. The lowest BCUT2D eigenvalue weighted by molar-refractivity contribution is -0.117. The number of amides is 2. The van der Waals surface area contributed by atoms with Crippen molar-refractivity contribution in [3.05, 3.63) is 50.9 Å². The maximum atomic E-state index is 12.8. The number of thiophene rings is 1. The number of anilines is 1. The van der Waals surface area contributed by atoms with Crippen molar-refractivity contribution in [3.63, 3.8) is 0 Å². The zero-order valence-corrected chi connectivity index (χ0v) is 20.6. The largest absolute Gasteiger partial charge is 0.462 e. The molecule has 0 unspecified atom stereocenters. The smallest absolute Gasteiger partial charge is 0.341 e. The molecule has 0 aliphatic carbocycles. The normalized spacial score (nSPS) is 14.7. The monoisotopic (exact) mass is 492 g/mol. The molecule has 0 atom stereocenters. The molecule has 2 heterocycles. The first-order chi connectivity index (χ1) is 15.8. The van der Waals surface area contributed by atoms with Crippen LogP contribution in [0.5, 0.6) is 0 Å². The highest BCUT2D eigenvalue weighted by Gasteiger charge is 2.27. The number of benzene rings is 1. The molecule has 8 nitrogen and oxygen atoms in total. The van der Waals surface area contributed by atoms with Crippen LogP contribution in [0.3, 0.4) is 0 Å². The molecule has 0 spiro atoms. The van der Waals surface area contributed by atoms with Crippen LogP contribution in [-0.4, -0.2) is 74.0 Å². The van der Waals surface area contributed by atoms with Crippen LogP contribution in [-0.2, 0) is 16.1 Å². The first kappa shape index (κ1) is 25.2. The Bertz CT molecular complexity index is 1020. The highest BCUT2D eigenvalue weighted by molar-refractivity contribution is 7.18. The van der Waals surface area contributed by atoms with Crippen LogP contribution >= 0.6 is 22.9 Å². The number of nitrogens with zero attached hydrogens (tertiary/aromatic N) is 2. The van der Waals surface area contributed by atoms with E-state index in [1.165, 1.54) is 12.6 Å². The predicted octanol–water partition coefficient (Wildman–Crippen LogP) is 3.00. The van der Waals surface area contributed by atoms with Gasteiger partial charge in [0, 0.05) is 44.8 Å². The first-order valence-corrected chi connectivity index (χ1v) is 12.0. The molecule has 0 radical (unpaired) electrons. The minimum Gasteiger partial charge on any atom is -0.462 e. The average Bonchev–Trinajstić information content (AvgIpc) is 3.10. The molecule has 1 aliphatic heterocycles. The van der Waals surface area contributed by atoms with Crippen molar-refractivity contribution >= 4 is 45.7 Å². The van der Waals surface area contributed by atoms with E-state index >= 15 is 0 Å². The Morgan fingerprint density at radius 3 is 2.48 bits per heavy atom. The maximum Gasteiger partial charge on any atom is 0.341 e. The van der Waals surface area contributed by atoms with E-state index in [1.54, 1.807) is 13.8 Å². The zero-order chi connectivity index (χ0) is 24.0. The van der Waals surface area contributed by atoms with E-state index in [0.29, 0.717) is 15.4 Å². The molecule has 0 saturated carbocycles. The van der Waals surface area contributed by atoms with Crippen molar-refractivity contribution in [1.82, 2.24) is 15.1 Å². The van der Waals surface area contributed by atoms with Gasteiger partial charge < -0.3 is 15.4 Å². The number of carbonyl (C=O) groups excluding carboxylic acids is 3. The minimum absolute atomic E-state index is 0.205. The third-order valence-corrected chi connectivity index (χ3v) is 6.88. The first-order valence-electron chi connectivity index (χ1n) is 10.8. The predicted molar refractivity (Wildman–Crippen MR) is 130 cm³/mol. The van der Waals surface area contributed by atoms with Crippen molar-refractivity contribution < 1.29 is 19.1 Å². The summed E-state index contributed by atoms with van der Waals surface area (Å²) in [5, 5.41) is 6.46. The molecular weight excluding hydrogens is 464 g/mol. The summed E-state index contributed by atoms with van der Waals surface area (Å²) in [5.41, 5.74) is 1.91. The van der Waals surface area contributed by atoms with Gasteiger partial charge in [0.05, 0.1) is 23.6 Å². The number of nitrogens with one attached hydrogen (secondary N) is 2. The van der Waals surface area contributed by atoms with Crippen molar-refractivity contribution in [2.75, 3.05) is 51.7 Å². The number of carbonyl (C=O) groups is 3.